The van der Waals surface area contributed by atoms with E-state index in [4.69, 9.17) is 12.6 Å². The lowest BCUT2D eigenvalue weighted by Crippen LogP contribution is -2.36. The molecular weight excluding hydrogens is 328 g/mol. The number of anilines is 1. The maximum absolute atomic E-state index is 14.0. The molecule has 8 heteroatoms. The second-order valence-corrected chi connectivity index (χ2v) is 6.60. The zero-order chi connectivity index (χ0) is 17.1. The van der Waals surface area contributed by atoms with Crippen LogP contribution in [0, 0.1) is 11.7 Å². The van der Waals surface area contributed by atoms with E-state index >= 15 is 0 Å². The molecule has 0 aliphatic carbocycles. The molecule has 3 rings (SSSR count). The minimum absolute atomic E-state index is 0.0527. The molecule has 1 saturated heterocycles. The van der Waals surface area contributed by atoms with Gasteiger partial charge in [0.15, 0.2) is 5.01 Å². The fraction of sp³-hybridized carbons (Fsp3) is 0.438. The summed E-state index contributed by atoms with van der Waals surface area (Å²) < 4.78 is 19.1. The molecule has 2 radical (unpaired) electrons. The zero-order valence-corrected chi connectivity index (χ0v) is 14.2. The van der Waals surface area contributed by atoms with Gasteiger partial charge in [-0.15, -0.1) is 10.2 Å². The largest absolute Gasteiger partial charge is 0.466 e. The fourth-order valence-electron chi connectivity index (χ4n) is 2.72. The van der Waals surface area contributed by atoms with Gasteiger partial charge in [-0.3, -0.25) is 4.79 Å². The molecule has 1 aromatic carbocycles. The number of halogens is 1. The van der Waals surface area contributed by atoms with Crippen LogP contribution in [0.5, 0.6) is 0 Å². The average molecular weight is 345 g/mol. The number of hydrogen-bond acceptors (Lipinski definition) is 6. The number of esters is 1. The fourth-order valence-corrected chi connectivity index (χ4v) is 3.65. The highest BCUT2D eigenvalue weighted by molar-refractivity contribution is 7.18. The summed E-state index contributed by atoms with van der Waals surface area (Å²) in [6, 6.07) is 4.54. The highest BCUT2D eigenvalue weighted by atomic mass is 32.1. The molecule has 0 N–H and O–H groups in total. The van der Waals surface area contributed by atoms with Crippen molar-refractivity contribution in [3.05, 3.63) is 24.0 Å². The van der Waals surface area contributed by atoms with Crippen molar-refractivity contribution in [2.45, 2.75) is 19.8 Å². The van der Waals surface area contributed by atoms with Crippen molar-refractivity contribution in [2.75, 3.05) is 24.6 Å². The van der Waals surface area contributed by atoms with Crippen LogP contribution in [0.15, 0.2) is 18.2 Å². The van der Waals surface area contributed by atoms with E-state index in [-0.39, 0.29) is 11.9 Å². The molecule has 124 valence electrons. The summed E-state index contributed by atoms with van der Waals surface area (Å²) in [5.41, 5.74) is 0.774. The van der Waals surface area contributed by atoms with Crippen LogP contribution in [0.3, 0.4) is 0 Å². The monoisotopic (exact) mass is 345 g/mol. The Morgan fingerprint density at radius 2 is 2.17 bits per heavy atom. The Labute approximate surface area is 145 Å². The van der Waals surface area contributed by atoms with Crippen molar-refractivity contribution in [1.29, 1.82) is 0 Å². The molecule has 1 aliphatic rings. The molecule has 1 fully saturated rings. The Balaban J connectivity index is 1.67. The van der Waals surface area contributed by atoms with Gasteiger partial charge >= 0.3 is 5.97 Å². The second-order valence-electron chi connectivity index (χ2n) is 5.64. The van der Waals surface area contributed by atoms with Crippen LogP contribution in [0.25, 0.3) is 10.6 Å². The first-order valence-corrected chi connectivity index (χ1v) is 8.70. The molecule has 0 spiro atoms. The first-order chi connectivity index (χ1) is 11.6. The normalized spacial score (nSPS) is 15.5. The molecule has 0 unspecified atom stereocenters. The summed E-state index contributed by atoms with van der Waals surface area (Å²) in [7, 11) is 5.57. The lowest BCUT2D eigenvalue weighted by molar-refractivity contribution is -0.148. The Morgan fingerprint density at radius 3 is 2.83 bits per heavy atom. The van der Waals surface area contributed by atoms with Crippen molar-refractivity contribution in [3.63, 3.8) is 0 Å². The van der Waals surface area contributed by atoms with Crippen LogP contribution in [0.1, 0.15) is 19.8 Å². The number of nitrogens with zero attached hydrogens (tertiary/aromatic N) is 3. The zero-order valence-electron chi connectivity index (χ0n) is 13.4. The Morgan fingerprint density at radius 1 is 1.42 bits per heavy atom. The molecule has 0 atom stereocenters. The second kappa shape index (κ2) is 7.30. The van der Waals surface area contributed by atoms with E-state index in [0.717, 1.165) is 18.0 Å². The van der Waals surface area contributed by atoms with Gasteiger partial charge in [-0.1, -0.05) is 22.9 Å². The Kier molecular flexibility index (Phi) is 5.13. The minimum Gasteiger partial charge on any atom is -0.466 e. The number of carbonyl (C=O) groups is 1. The van der Waals surface area contributed by atoms with Crippen LogP contribution in [-0.2, 0) is 9.53 Å². The van der Waals surface area contributed by atoms with E-state index in [9.17, 15) is 9.18 Å². The highest BCUT2D eigenvalue weighted by Gasteiger charge is 2.27. The summed E-state index contributed by atoms with van der Waals surface area (Å²) in [5, 5.41) is 9.52. The SMILES string of the molecule is [B]c1ccc(-c2nnc(N3CCC(C(=O)OCC)CC3)s2)c(F)c1. The lowest BCUT2D eigenvalue weighted by Gasteiger charge is -2.30. The quantitative estimate of drug-likeness (QED) is 0.626. The van der Waals surface area contributed by atoms with E-state index in [0.29, 0.717) is 35.7 Å². The Hall–Kier alpha value is -1.96. The maximum Gasteiger partial charge on any atom is 0.309 e. The maximum atomic E-state index is 14.0. The van der Waals surface area contributed by atoms with Gasteiger partial charge in [0.1, 0.15) is 13.7 Å². The number of benzene rings is 1. The molecule has 24 heavy (non-hydrogen) atoms. The first kappa shape index (κ1) is 16.9. The summed E-state index contributed by atoms with van der Waals surface area (Å²) in [4.78, 5) is 13.9. The molecule has 1 aliphatic heterocycles. The van der Waals surface area contributed by atoms with Gasteiger partial charge in [0.25, 0.3) is 0 Å². The van der Waals surface area contributed by atoms with Crippen molar-refractivity contribution in [2.24, 2.45) is 5.92 Å². The van der Waals surface area contributed by atoms with Crippen LogP contribution in [0.2, 0.25) is 0 Å². The van der Waals surface area contributed by atoms with Crippen LogP contribution in [0.4, 0.5) is 9.52 Å². The van der Waals surface area contributed by atoms with Gasteiger partial charge in [-0.2, -0.15) is 0 Å². The minimum atomic E-state index is -0.404. The number of piperidine rings is 1. The molecule has 0 bridgehead atoms. The van der Waals surface area contributed by atoms with Crippen LogP contribution < -0.4 is 10.4 Å². The van der Waals surface area contributed by atoms with Gasteiger partial charge in [0, 0.05) is 18.7 Å². The first-order valence-electron chi connectivity index (χ1n) is 7.89. The predicted molar refractivity (Wildman–Crippen MR) is 92.3 cm³/mol. The van der Waals surface area contributed by atoms with Crippen LogP contribution >= 0.6 is 11.3 Å². The van der Waals surface area contributed by atoms with Gasteiger partial charge in [0.05, 0.1) is 12.5 Å². The average Bonchev–Trinajstić information content (AvgIpc) is 3.05. The number of aromatic nitrogens is 2. The van der Waals surface area contributed by atoms with Gasteiger partial charge in [-0.05, 0) is 31.9 Å². The topological polar surface area (TPSA) is 55.3 Å². The highest BCUT2D eigenvalue weighted by Crippen LogP contribution is 2.32. The molecule has 2 aromatic rings. The van der Waals surface area contributed by atoms with Crippen molar-refractivity contribution >= 4 is 35.7 Å². The summed E-state index contributed by atoms with van der Waals surface area (Å²) >= 11 is 1.34. The van der Waals surface area contributed by atoms with Gasteiger partial charge in [-0.25, -0.2) is 4.39 Å². The number of carbonyl (C=O) groups excluding carboxylic acids is 1. The Bertz CT molecular complexity index is 732. The molecule has 5 nitrogen and oxygen atoms in total. The van der Waals surface area contributed by atoms with E-state index < -0.39 is 5.82 Å². The lowest BCUT2D eigenvalue weighted by atomic mass is 9.95. The third kappa shape index (κ3) is 3.58. The van der Waals surface area contributed by atoms with Gasteiger partial charge < -0.3 is 9.64 Å². The molecular formula is C16H17BFN3O2S. The third-order valence-electron chi connectivity index (χ3n) is 4.02. The van der Waals surface area contributed by atoms with E-state index in [1.807, 2.05) is 6.92 Å². The third-order valence-corrected chi connectivity index (χ3v) is 5.04. The van der Waals surface area contributed by atoms with Crippen molar-refractivity contribution in [3.8, 4) is 10.6 Å². The van der Waals surface area contributed by atoms with Crippen molar-refractivity contribution in [1.82, 2.24) is 10.2 Å². The smallest absolute Gasteiger partial charge is 0.309 e. The van der Waals surface area contributed by atoms with E-state index in [2.05, 4.69) is 15.1 Å². The molecule has 1 aromatic heterocycles. The number of hydrogen-bond donors (Lipinski definition) is 0. The summed E-state index contributed by atoms with van der Waals surface area (Å²) in [6.45, 7) is 3.64. The van der Waals surface area contributed by atoms with Crippen molar-refractivity contribution < 1.29 is 13.9 Å². The van der Waals surface area contributed by atoms with E-state index in [1.54, 1.807) is 12.1 Å². The van der Waals surface area contributed by atoms with Crippen LogP contribution in [-0.4, -0.2) is 43.7 Å². The predicted octanol–water partition coefficient (Wildman–Crippen LogP) is 1.92. The molecule has 2 heterocycles. The molecule has 0 saturated carbocycles. The summed E-state index contributed by atoms with van der Waals surface area (Å²) in [5.74, 6) is -0.582. The molecule has 0 amide bonds. The van der Waals surface area contributed by atoms with Gasteiger partial charge in [0.2, 0.25) is 5.13 Å². The number of rotatable bonds is 4. The standard InChI is InChI=1S/C16H17BFN3O2S/c1-2-23-15(22)10-5-7-21(8-6-10)16-20-19-14(24-16)12-4-3-11(17)9-13(12)18/h3-4,9-10H,2,5-8H2,1H3. The summed E-state index contributed by atoms with van der Waals surface area (Å²) in [6.07, 6.45) is 1.45. The van der Waals surface area contributed by atoms with E-state index in [1.165, 1.54) is 17.4 Å². The number of ether oxygens (including phenoxy) is 1.